The van der Waals surface area contributed by atoms with Crippen molar-refractivity contribution >= 4 is 21.6 Å². The molecule has 0 spiro atoms. The van der Waals surface area contributed by atoms with Crippen molar-refractivity contribution in [3.63, 3.8) is 0 Å². The smallest absolute Gasteiger partial charge is 0.251 e. The lowest BCUT2D eigenvalue weighted by molar-refractivity contribution is 0.0947. The van der Waals surface area contributed by atoms with E-state index < -0.39 is 10.0 Å². The first kappa shape index (κ1) is 24.3. The molecule has 0 aliphatic rings. The summed E-state index contributed by atoms with van der Waals surface area (Å²) in [5, 5.41) is 2.79. The van der Waals surface area contributed by atoms with Gasteiger partial charge in [-0.3, -0.25) is 9.10 Å². The number of hydrogen-bond donors (Lipinski definition) is 1. The summed E-state index contributed by atoms with van der Waals surface area (Å²) in [6, 6.07) is 17.9. The molecule has 0 heterocycles. The van der Waals surface area contributed by atoms with Crippen LogP contribution in [0.25, 0.3) is 0 Å². The molecule has 6 nitrogen and oxygen atoms in total. The predicted octanol–water partition coefficient (Wildman–Crippen LogP) is 4.22. The molecule has 33 heavy (non-hydrogen) atoms. The van der Waals surface area contributed by atoms with E-state index in [4.69, 9.17) is 4.74 Å². The van der Waals surface area contributed by atoms with Gasteiger partial charge in [0.15, 0.2) is 0 Å². The molecule has 1 amide bonds. The number of amides is 1. The molecule has 0 saturated heterocycles. The predicted molar refractivity (Wildman–Crippen MR) is 128 cm³/mol. The Balaban J connectivity index is 1.60. The fourth-order valence-corrected chi connectivity index (χ4v) is 4.27. The van der Waals surface area contributed by atoms with Gasteiger partial charge in [0, 0.05) is 5.56 Å². The summed E-state index contributed by atoms with van der Waals surface area (Å²) >= 11 is 0. The van der Waals surface area contributed by atoms with Crippen LogP contribution in [0.2, 0.25) is 0 Å². The standard InChI is InChI=1S/C25H27FN2O4S/c1-18-14-19(2)16-24(15-18)32-13-12-27-25(29)21-6-10-23(11-7-21)28(33(3,30)31)17-20-4-8-22(26)9-5-20/h4-11,14-16H,12-13,17H2,1-3H3,(H,27,29). The zero-order valence-electron chi connectivity index (χ0n) is 18.8. The Bertz CT molecular complexity index is 1190. The van der Waals surface area contributed by atoms with Gasteiger partial charge in [-0.25, -0.2) is 12.8 Å². The number of halogens is 1. The van der Waals surface area contributed by atoms with E-state index >= 15 is 0 Å². The van der Waals surface area contributed by atoms with Gasteiger partial charge in [0.25, 0.3) is 5.91 Å². The van der Waals surface area contributed by atoms with Crippen molar-refractivity contribution in [2.75, 3.05) is 23.7 Å². The molecule has 0 unspecified atom stereocenters. The van der Waals surface area contributed by atoms with Crippen molar-refractivity contribution < 1.29 is 22.3 Å². The highest BCUT2D eigenvalue weighted by Gasteiger charge is 2.18. The van der Waals surface area contributed by atoms with Crippen LogP contribution >= 0.6 is 0 Å². The number of carbonyl (C=O) groups is 1. The lowest BCUT2D eigenvalue weighted by Crippen LogP contribution is -2.30. The SMILES string of the molecule is Cc1cc(C)cc(OCCNC(=O)c2ccc(N(Cc3ccc(F)cc3)S(C)(=O)=O)cc2)c1. The highest BCUT2D eigenvalue weighted by Crippen LogP contribution is 2.21. The summed E-state index contributed by atoms with van der Waals surface area (Å²) in [5.74, 6) is 0.0857. The first-order chi connectivity index (χ1) is 15.6. The number of nitrogens with one attached hydrogen (secondary N) is 1. The zero-order valence-corrected chi connectivity index (χ0v) is 19.7. The molecular weight excluding hydrogens is 443 g/mol. The number of ether oxygens (including phenoxy) is 1. The van der Waals surface area contributed by atoms with Gasteiger partial charge in [0.05, 0.1) is 25.0 Å². The van der Waals surface area contributed by atoms with E-state index in [1.54, 1.807) is 24.3 Å². The van der Waals surface area contributed by atoms with E-state index in [1.807, 2.05) is 26.0 Å². The molecular formula is C25H27FN2O4S. The summed E-state index contributed by atoms with van der Waals surface area (Å²) in [5.41, 5.74) is 3.68. The highest BCUT2D eigenvalue weighted by atomic mass is 32.2. The molecule has 0 aliphatic heterocycles. The summed E-state index contributed by atoms with van der Waals surface area (Å²) in [6.07, 6.45) is 1.10. The van der Waals surface area contributed by atoms with Crippen molar-refractivity contribution in [1.29, 1.82) is 0 Å². The van der Waals surface area contributed by atoms with Gasteiger partial charge in [0.2, 0.25) is 10.0 Å². The quantitative estimate of drug-likeness (QED) is 0.475. The third-order valence-electron chi connectivity index (χ3n) is 4.91. The Hall–Kier alpha value is -3.39. The lowest BCUT2D eigenvalue weighted by Gasteiger charge is -2.22. The minimum absolute atomic E-state index is 0.0560. The fraction of sp³-hybridized carbons (Fsp3) is 0.240. The van der Waals surface area contributed by atoms with Gasteiger partial charge in [0.1, 0.15) is 18.2 Å². The van der Waals surface area contributed by atoms with E-state index in [-0.39, 0.29) is 18.3 Å². The molecule has 0 bridgehead atoms. The van der Waals surface area contributed by atoms with Gasteiger partial charge >= 0.3 is 0 Å². The Morgan fingerprint density at radius 2 is 1.58 bits per heavy atom. The third kappa shape index (κ3) is 7.05. The van der Waals surface area contributed by atoms with Crippen molar-refractivity contribution in [2.24, 2.45) is 0 Å². The summed E-state index contributed by atoms with van der Waals surface area (Å²) in [4.78, 5) is 12.4. The monoisotopic (exact) mass is 470 g/mol. The number of anilines is 1. The van der Waals surface area contributed by atoms with E-state index in [0.29, 0.717) is 30.0 Å². The molecule has 0 aromatic heterocycles. The molecule has 3 aromatic rings. The van der Waals surface area contributed by atoms with Crippen molar-refractivity contribution in [2.45, 2.75) is 20.4 Å². The first-order valence-corrected chi connectivity index (χ1v) is 12.3. The summed E-state index contributed by atoms with van der Waals surface area (Å²) < 4.78 is 44.7. The Kier molecular flexibility index (Phi) is 7.71. The van der Waals surface area contributed by atoms with Crippen LogP contribution in [0.5, 0.6) is 5.75 Å². The van der Waals surface area contributed by atoms with Gasteiger partial charge in [-0.05, 0) is 79.1 Å². The molecule has 0 saturated carbocycles. The zero-order chi connectivity index (χ0) is 24.0. The summed E-state index contributed by atoms with van der Waals surface area (Å²) in [7, 11) is -3.59. The molecule has 0 radical (unpaired) electrons. The van der Waals surface area contributed by atoms with Gasteiger partial charge in [-0.2, -0.15) is 0 Å². The second kappa shape index (κ2) is 10.5. The van der Waals surface area contributed by atoms with Crippen molar-refractivity contribution in [3.8, 4) is 5.75 Å². The number of carbonyl (C=O) groups excluding carboxylic acids is 1. The average Bonchev–Trinajstić information content (AvgIpc) is 2.75. The minimum Gasteiger partial charge on any atom is -0.492 e. The maximum atomic E-state index is 13.2. The second-order valence-electron chi connectivity index (χ2n) is 7.87. The molecule has 1 N–H and O–H groups in total. The normalized spacial score (nSPS) is 11.2. The fourth-order valence-electron chi connectivity index (χ4n) is 3.39. The molecule has 174 valence electrons. The minimum atomic E-state index is -3.59. The molecule has 3 aromatic carbocycles. The van der Waals surface area contributed by atoms with Gasteiger partial charge in [-0.1, -0.05) is 18.2 Å². The maximum Gasteiger partial charge on any atom is 0.251 e. The van der Waals surface area contributed by atoms with E-state index in [1.165, 1.54) is 28.6 Å². The van der Waals surface area contributed by atoms with Crippen LogP contribution < -0.4 is 14.4 Å². The van der Waals surface area contributed by atoms with E-state index in [2.05, 4.69) is 11.4 Å². The molecule has 3 rings (SSSR count). The van der Waals surface area contributed by atoms with Crippen molar-refractivity contribution in [1.82, 2.24) is 5.32 Å². The highest BCUT2D eigenvalue weighted by molar-refractivity contribution is 7.92. The van der Waals surface area contributed by atoms with Crippen LogP contribution in [0.3, 0.4) is 0 Å². The van der Waals surface area contributed by atoms with Crippen LogP contribution in [0.1, 0.15) is 27.0 Å². The number of aryl methyl sites for hydroxylation is 2. The molecule has 0 atom stereocenters. The number of hydrogen-bond acceptors (Lipinski definition) is 4. The number of nitrogens with zero attached hydrogens (tertiary/aromatic N) is 1. The number of benzene rings is 3. The van der Waals surface area contributed by atoms with Crippen LogP contribution in [0.4, 0.5) is 10.1 Å². The van der Waals surface area contributed by atoms with Crippen molar-refractivity contribution in [3.05, 3.63) is 94.8 Å². The Morgan fingerprint density at radius 1 is 0.970 bits per heavy atom. The molecule has 0 fully saturated rings. The first-order valence-electron chi connectivity index (χ1n) is 10.4. The van der Waals surface area contributed by atoms with Crippen LogP contribution in [0.15, 0.2) is 66.7 Å². The van der Waals surface area contributed by atoms with Crippen LogP contribution in [-0.4, -0.2) is 33.7 Å². The lowest BCUT2D eigenvalue weighted by atomic mass is 10.1. The van der Waals surface area contributed by atoms with E-state index in [0.717, 1.165) is 23.1 Å². The number of sulfonamides is 1. The second-order valence-corrected chi connectivity index (χ2v) is 9.78. The van der Waals surface area contributed by atoms with Crippen LogP contribution in [-0.2, 0) is 16.6 Å². The summed E-state index contributed by atoms with van der Waals surface area (Å²) in [6.45, 7) is 4.70. The average molecular weight is 471 g/mol. The van der Waals surface area contributed by atoms with E-state index in [9.17, 15) is 17.6 Å². The topological polar surface area (TPSA) is 75.7 Å². The molecule has 8 heteroatoms. The number of rotatable bonds is 9. The molecule has 0 aliphatic carbocycles. The van der Waals surface area contributed by atoms with Crippen LogP contribution in [0, 0.1) is 19.7 Å². The largest absolute Gasteiger partial charge is 0.492 e. The maximum absolute atomic E-state index is 13.2. The van der Waals surface area contributed by atoms with Gasteiger partial charge < -0.3 is 10.1 Å². The Morgan fingerprint density at radius 3 is 2.15 bits per heavy atom. The van der Waals surface area contributed by atoms with Gasteiger partial charge in [-0.15, -0.1) is 0 Å². The Labute approximate surface area is 194 Å². The third-order valence-corrected chi connectivity index (χ3v) is 6.05.